The van der Waals surface area contributed by atoms with E-state index in [1.165, 1.54) is 0 Å². The van der Waals surface area contributed by atoms with Crippen LogP contribution in [0.5, 0.6) is 0 Å². The Labute approximate surface area is 252 Å². The molecule has 3 aliphatic heterocycles. The number of hydrogen-bond donors (Lipinski definition) is 3. The Morgan fingerprint density at radius 2 is 1.70 bits per heavy atom. The number of benzene rings is 2. The number of nitrogens with one attached hydrogen (secondary N) is 2. The number of alkyl halides is 2. The summed E-state index contributed by atoms with van der Waals surface area (Å²) < 4.78 is 69.1. The van der Waals surface area contributed by atoms with Crippen molar-refractivity contribution in [2.45, 2.75) is 61.8 Å². The van der Waals surface area contributed by atoms with Crippen LogP contribution in [0.3, 0.4) is 0 Å². The van der Waals surface area contributed by atoms with Crippen molar-refractivity contribution in [2.75, 3.05) is 12.8 Å². The molecular formula is C31H32F3N3O6S. The number of carbonyl (C=O) groups is 3. The third kappa shape index (κ3) is 4.90. The van der Waals surface area contributed by atoms with E-state index in [1.54, 1.807) is 48.5 Å². The van der Waals surface area contributed by atoms with Gasteiger partial charge in [0.05, 0.1) is 12.0 Å². The lowest BCUT2D eigenvalue weighted by Gasteiger charge is -2.55. The predicted molar refractivity (Wildman–Crippen MR) is 153 cm³/mol. The molecule has 9 nitrogen and oxygen atoms in total. The Morgan fingerprint density at radius 1 is 1.09 bits per heavy atom. The van der Waals surface area contributed by atoms with Gasteiger partial charge in [0.2, 0.25) is 26.8 Å². The van der Waals surface area contributed by atoms with Crippen LogP contribution in [-0.4, -0.2) is 73.0 Å². The fourth-order valence-electron chi connectivity index (χ4n) is 7.32. The standard InChI is InChI=1S/C31H32F3N3O6S/c1-44(42,43)25(32)15-18(14-17-12-13-35-27(17)38)36-28(39)26-24-11-10-19(16-30(24,33)34)37(26)29(40)31(41)22-8-4-2-6-20(22)21-7-3-5-9-23(21)31/h2-9,15,17-19,24,26,41H,10-14,16H2,1H3,(H,35,38)(H,36,39)/b25-15-/t17-,18-,19+,24+,26+/m0/s1. The van der Waals surface area contributed by atoms with Crippen LogP contribution in [0, 0.1) is 11.8 Å². The highest BCUT2D eigenvalue weighted by atomic mass is 32.2. The average molecular weight is 632 g/mol. The van der Waals surface area contributed by atoms with Gasteiger partial charge >= 0.3 is 0 Å². The highest BCUT2D eigenvalue weighted by molar-refractivity contribution is 7.94. The monoisotopic (exact) mass is 631 g/mol. The van der Waals surface area contributed by atoms with E-state index in [1.807, 2.05) is 0 Å². The molecule has 5 atom stereocenters. The molecule has 2 aliphatic carbocycles. The van der Waals surface area contributed by atoms with Crippen molar-refractivity contribution in [3.05, 3.63) is 70.9 Å². The molecule has 3 amide bonds. The van der Waals surface area contributed by atoms with E-state index in [-0.39, 0.29) is 36.3 Å². The van der Waals surface area contributed by atoms with Gasteiger partial charge in [0.15, 0.2) is 5.60 Å². The second kappa shape index (κ2) is 10.7. The van der Waals surface area contributed by atoms with Crippen LogP contribution in [0.4, 0.5) is 13.2 Å². The van der Waals surface area contributed by atoms with Crippen LogP contribution < -0.4 is 10.6 Å². The summed E-state index contributed by atoms with van der Waals surface area (Å²) in [5, 5.41) is 15.8. The maximum Gasteiger partial charge on any atom is 0.264 e. The lowest BCUT2D eigenvalue weighted by molar-refractivity contribution is -0.201. The van der Waals surface area contributed by atoms with Crippen molar-refractivity contribution >= 4 is 27.6 Å². The first-order chi connectivity index (χ1) is 20.7. The third-order valence-electron chi connectivity index (χ3n) is 9.39. The first-order valence-electron chi connectivity index (χ1n) is 14.5. The number of hydrogen-bond acceptors (Lipinski definition) is 6. The number of rotatable bonds is 7. The molecule has 3 saturated heterocycles. The van der Waals surface area contributed by atoms with Crippen LogP contribution in [0.15, 0.2) is 59.8 Å². The van der Waals surface area contributed by atoms with E-state index in [4.69, 9.17) is 0 Å². The average Bonchev–Trinajstić information content (AvgIpc) is 3.50. The van der Waals surface area contributed by atoms with E-state index in [9.17, 15) is 32.3 Å². The maximum atomic E-state index is 15.4. The number of nitrogens with zero attached hydrogens (tertiary/aromatic N) is 1. The molecule has 0 aromatic heterocycles. The second-order valence-electron chi connectivity index (χ2n) is 12.1. The van der Waals surface area contributed by atoms with Gasteiger partial charge in [-0.05, 0) is 42.9 Å². The van der Waals surface area contributed by atoms with Crippen molar-refractivity contribution in [2.24, 2.45) is 11.8 Å². The molecule has 7 rings (SSSR count). The van der Waals surface area contributed by atoms with Crippen LogP contribution in [0.2, 0.25) is 0 Å². The van der Waals surface area contributed by atoms with Gasteiger partial charge in [0.25, 0.3) is 11.8 Å². The Kier molecular flexibility index (Phi) is 7.39. The summed E-state index contributed by atoms with van der Waals surface area (Å²) in [6, 6.07) is 9.27. The molecular weight excluding hydrogens is 599 g/mol. The molecule has 2 aromatic rings. The highest BCUT2D eigenvalue weighted by Crippen LogP contribution is 2.53. The Morgan fingerprint density at radius 3 is 2.25 bits per heavy atom. The number of carbonyl (C=O) groups excluding carboxylic acids is 3. The summed E-state index contributed by atoms with van der Waals surface area (Å²) in [5.74, 6) is -7.94. The smallest absolute Gasteiger partial charge is 0.264 e. The van der Waals surface area contributed by atoms with Crippen molar-refractivity contribution in [3.63, 3.8) is 0 Å². The van der Waals surface area contributed by atoms with Gasteiger partial charge in [-0.3, -0.25) is 14.4 Å². The molecule has 3 heterocycles. The van der Waals surface area contributed by atoms with E-state index < -0.39 is 74.7 Å². The maximum absolute atomic E-state index is 15.4. The van der Waals surface area contributed by atoms with Crippen molar-refractivity contribution in [3.8, 4) is 11.1 Å². The fourth-order valence-corrected chi connectivity index (χ4v) is 7.73. The summed E-state index contributed by atoms with van der Waals surface area (Å²) in [7, 11) is -4.31. The summed E-state index contributed by atoms with van der Waals surface area (Å²) in [4.78, 5) is 41.8. The first kappa shape index (κ1) is 30.3. The molecule has 5 aliphatic rings. The number of piperidine rings is 2. The minimum atomic E-state index is -4.31. The van der Waals surface area contributed by atoms with Gasteiger partial charge in [-0.1, -0.05) is 48.5 Å². The molecule has 44 heavy (non-hydrogen) atoms. The van der Waals surface area contributed by atoms with Gasteiger partial charge < -0.3 is 20.6 Å². The molecule has 1 saturated carbocycles. The Hall–Kier alpha value is -3.71. The van der Waals surface area contributed by atoms with Crippen molar-refractivity contribution < 1.29 is 41.1 Å². The SMILES string of the molecule is CS(=O)(=O)/C(F)=C\[C@H](C[C@@H]1CCNC1=O)NC(=O)[C@H]1[C@H]2CC[C@H](CC2(F)F)N1C(=O)C1(O)c2ccccc2-c2ccccc21. The molecule has 2 aromatic carbocycles. The summed E-state index contributed by atoms with van der Waals surface area (Å²) >= 11 is 0. The lowest BCUT2D eigenvalue weighted by Crippen LogP contribution is -2.70. The number of sulfone groups is 1. The minimum absolute atomic E-state index is 0.0750. The number of aliphatic hydroxyl groups is 1. The highest BCUT2D eigenvalue weighted by Gasteiger charge is 2.63. The van der Waals surface area contributed by atoms with E-state index in [0.717, 1.165) is 4.90 Å². The zero-order chi connectivity index (χ0) is 31.6. The fraction of sp³-hybridized carbons (Fsp3) is 0.452. The summed E-state index contributed by atoms with van der Waals surface area (Å²) in [6.07, 6.45) is 0.872. The topological polar surface area (TPSA) is 133 Å². The number of amides is 3. The normalized spacial score (nSPS) is 27.3. The predicted octanol–water partition coefficient (Wildman–Crippen LogP) is 2.78. The van der Waals surface area contributed by atoms with Gasteiger partial charge in [-0.2, -0.15) is 4.39 Å². The quantitative estimate of drug-likeness (QED) is 0.431. The van der Waals surface area contributed by atoms with Gasteiger partial charge in [-0.25, -0.2) is 17.2 Å². The Bertz CT molecular complexity index is 1630. The zero-order valence-corrected chi connectivity index (χ0v) is 24.6. The molecule has 0 unspecified atom stereocenters. The van der Waals surface area contributed by atoms with Gasteiger partial charge in [0, 0.05) is 42.3 Å². The minimum Gasteiger partial charge on any atom is -0.372 e. The van der Waals surface area contributed by atoms with E-state index in [2.05, 4.69) is 10.6 Å². The molecule has 4 fully saturated rings. The number of halogens is 3. The van der Waals surface area contributed by atoms with Crippen LogP contribution in [0.25, 0.3) is 11.1 Å². The van der Waals surface area contributed by atoms with Crippen LogP contribution in [-0.2, 0) is 29.8 Å². The molecule has 2 bridgehead atoms. The molecule has 0 radical (unpaired) electrons. The van der Waals surface area contributed by atoms with Gasteiger partial charge in [-0.15, -0.1) is 0 Å². The molecule has 234 valence electrons. The van der Waals surface area contributed by atoms with E-state index in [0.29, 0.717) is 36.4 Å². The lowest BCUT2D eigenvalue weighted by atomic mass is 9.70. The molecule has 3 N–H and O–H groups in total. The van der Waals surface area contributed by atoms with Crippen LogP contribution >= 0.6 is 0 Å². The zero-order valence-electron chi connectivity index (χ0n) is 23.8. The summed E-state index contributed by atoms with van der Waals surface area (Å²) in [6.45, 7) is 0.338. The van der Waals surface area contributed by atoms with Crippen molar-refractivity contribution in [1.29, 1.82) is 0 Å². The molecule has 13 heteroatoms. The number of fused-ring (bicyclic) bond motifs is 6. The van der Waals surface area contributed by atoms with Crippen LogP contribution in [0.1, 0.15) is 43.2 Å². The second-order valence-corrected chi connectivity index (χ2v) is 14.1. The van der Waals surface area contributed by atoms with E-state index >= 15 is 8.78 Å². The third-order valence-corrected chi connectivity index (χ3v) is 10.2. The van der Waals surface area contributed by atoms with Gasteiger partial charge in [0.1, 0.15) is 6.04 Å². The Balaban J connectivity index is 1.39. The molecule has 0 spiro atoms. The largest absolute Gasteiger partial charge is 0.372 e. The first-order valence-corrected chi connectivity index (χ1v) is 16.4. The summed E-state index contributed by atoms with van der Waals surface area (Å²) in [5.41, 5.74) is -0.529. The van der Waals surface area contributed by atoms with Crippen molar-refractivity contribution in [1.82, 2.24) is 15.5 Å².